The van der Waals surface area contributed by atoms with Gasteiger partial charge < -0.3 is 10.4 Å². The average molecular weight is 255 g/mol. The monoisotopic (exact) mass is 255 g/mol. The molecule has 2 N–H and O–H groups in total. The number of carbonyl (C=O) groups excluding carboxylic acids is 1. The van der Waals surface area contributed by atoms with Gasteiger partial charge in [0.2, 0.25) is 0 Å². The van der Waals surface area contributed by atoms with Gasteiger partial charge in [-0.3, -0.25) is 9.59 Å². The molecule has 0 unspecified atom stereocenters. The molecular weight excluding hydrogens is 242 g/mol. The van der Waals surface area contributed by atoms with Crippen LogP contribution in [0.25, 0.3) is 0 Å². The number of likely N-dealkylation sites (N-methyl/N-ethyl adjacent to an activating group) is 1. The summed E-state index contributed by atoms with van der Waals surface area (Å²) in [6, 6.07) is 1.02. The molecule has 0 fully saturated rings. The molecule has 0 spiro atoms. The summed E-state index contributed by atoms with van der Waals surface area (Å²) in [5.74, 6) is -1.02. The minimum Gasteiger partial charge on any atom is -0.481 e. The van der Waals surface area contributed by atoms with Gasteiger partial charge >= 0.3 is 5.97 Å². The molecule has 0 aliphatic rings. The van der Waals surface area contributed by atoms with E-state index < -0.39 is 12.0 Å². The number of hydrogen-bond donors (Lipinski definition) is 2. The number of carboxylic acids is 1. The van der Waals surface area contributed by atoms with E-state index in [2.05, 4.69) is 15.3 Å². The Hall–Kier alpha value is -1.47. The van der Waals surface area contributed by atoms with Gasteiger partial charge in [0.15, 0.2) is 10.9 Å². The van der Waals surface area contributed by atoms with Crippen LogP contribution >= 0.6 is 11.8 Å². The maximum Gasteiger partial charge on any atom is 0.305 e. The van der Waals surface area contributed by atoms with Crippen LogP contribution in [0.5, 0.6) is 0 Å². The third-order valence-corrected chi connectivity index (χ3v) is 2.90. The van der Waals surface area contributed by atoms with Gasteiger partial charge in [0, 0.05) is 12.4 Å². The molecule has 1 aromatic heterocycles. The summed E-state index contributed by atoms with van der Waals surface area (Å²) < 4.78 is 0. The zero-order valence-electron chi connectivity index (χ0n) is 9.29. The van der Waals surface area contributed by atoms with Crippen molar-refractivity contribution in [2.75, 3.05) is 12.8 Å². The fourth-order valence-corrected chi connectivity index (χ4v) is 1.89. The van der Waals surface area contributed by atoms with Crippen molar-refractivity contribution < 1.29 is 14.7 Å². The van der Waals surface area contributed by atoms with Gasteiger partial charge in [0.25, 0.3) is 0 Å². The third kappa shape index (κ3) is 4.92. The van der Waals surface area contributed by atoms with E-state index in [0.717, 1.165) is 0 Å². The molecule has 0 bridgehead atoms. The van der Waals surface area contributed by atoms with Crippen molar-refractivity contribution in [2.45, 2.75) is 17.6 Å². The van der Waals surface area contributed by atoms with E-state index in [4.69, 9.17) is 5.11 Å². The van der Waals surface area contributed by atoms with E-state index in [1.54, 1.807) is 25.5 Å². The lowest BCUT2D eigenvalue weighted by Crippen LogP contribution is -2.37. The van der Waals surface area contributed by atoms with Crippen LogP contribution in [0.3, 0.4) is 0 Å². The van der Waals surface area contributed by atoms with Gasteiger partial charge in [-0.15, -0.1) is 0 Å². The summed E-state index contributed by atoms with van der Waals surface area (Å²) in [6.45, 7) is 0. The highest BCUT2D eigenvalue weighted by Gasteiger charge is 2.19. The fraction of sp³-hybridized carbons (Fsp3) is 0.400. The van der Waals surface area contributed by atoms with Crippen molar-refractivity contribution in [2.24, 2.45) is 0 Å². The summed E-state index contributed by atoms with van der Waals surface area (Å²) in [6.07, 6.45) is 2.96. The molecule has 1 heterocycles. The Bertz CT molecular complexity index is 386. The van der Waals surface area contributed by atoms with Crippen LogP contribution < -0.4 is 5.32 Å². The predicted molar refractivity (Wildman–Crippen MR) is 62.9 cm³/mol. The minimum atomic E-state index is -1.00. The van der Waals surface area contributed by atoms with Gasteiger partial charge in [-0.2, -0.15) is 0 Å². The van der Waals surface area contributed by atoms with E-state index >= 15 is 0 Å². The zero-order valence-corrected chi connectivity index (χ0v) is 10.1. The highest BCUT2D eigenvalue weighted by atomic mass is 32.2. The van der Waals surface area contributed by atoms with E-state index in [9.17, 15) is 9.59 Å². The largest absolute Gasteiger partial charge is 0.481 e. The number of Topliss-reactive ketones (excluding diaryl/α,β-unsaturated/α-hetero) is 1. The van der Waals surface area contributed by atoms with E-state index in [0.29, 0.717) is 5.16 Å². The predicted octanol–water partition coefficient (Wildman–Crippen LogP) is 0.200. The number of aliphatic carboxylic acids is 1. The second-order valence-electron chi connectivity index (χ2n) is 3.23. The second kappa shape index (κ2) is 6.97. The Kier molecular flexibility index (Phi) is 5.58. The molecule has 7 heteroatoms. The zero-order chi connectivity index (χ0) is 12.7. The van der Waals surface area contributed by atoms with Crippen LogP contribution in [0.4, 0.5) is 0 Å². The van der Waals surface area contributed by atoms with Crippen LogP contribution in [0.2, 0.25) is 0 Å². The molecule has 0 saturated carbocycles. The first-order valence-corrected chi connectivity index (χ1v) is 5.93. The van der Waals surface area contributed by atoms with Crippen LogP contribution in [0.1, 0.15) is 6.42 Å². The Morgan fingerprint density at radius 1 is 1.47 bits per heavy atom. The van der Waals surface area contributed by atoms with E-state index in [1.165, 1.54) is 11.8 Å². The van der Waals surface area contributed by atoms with Crippen molar-refractivity contribution in [3.8, 4) is 0 Å². The fourth-order valence-electron chi connectivity index (χ4n) is 1.15. The SMILES string of the molecule is CN[C@@H](CC(=O)O)C(=O)CSc1ncccn1. The molecule has 92 valence electrons. The van der Waals surface area contributed by atoms with Crippen molar-refractivity contribution in [3.05, 3.63) is 18.5 Å². The topological polar surface area (TPSA) is 92.2 Å². The maximum absolute atomic E-state index is 11.7. The van der Waals surface area contributed by atoms with Crippen molar-refractivity contribution in [1.82, 2.24) is 15.3 Å². The average Bonchev–Trinajstić information content (AvgIpc) is 2.34. The van der Waals surface area contributed by atoms with Crippen LogP contribution in [0, 0.1) is 0 Å². The first-order chi connectivity index (χ1) is 8.13. The van der Waals surface area contributed by atoms with Gasteiger partial charge in [0.05, 0.1) is 18.2 Å². The molecule has 0 aromatic carbocycles. The number of carbonyl (C=O) groups is 2. The third-order valence-electron chi connectivity index (χ3n) is 2.00. The summed E-state index contributed by atoms with van der Waals surface area (Å²) in [4.78, 5) is 30.1. The Labute approximate surface area is 103 Å². The quantitative estimate of drug-likeness (QED) is 0.531. The first kappa shape index (κ1) is 13.6. The van der Waals surface area contributed by atoms with Crippen molar-refractivity contribution >= 4 is 23.5 Å². The molecule has 1 atom stereocenters. The lowest BCUT2D eigenvalue weighted by atomic mass is 10.1. The molecule has 6 nitrogen and oxygen atoms in total. The molecular formula is C10H13N3O3S. The lowest BCUT2D eigenvalue weighted by Gasteiger charge is -2.11. The Morgan fingerprint density at radius 3 is 2.65 bits per heavy atom. The normalized spacial score (nSPS) is 12.1. The van der Waals surface area contributed by atoms with Crippen LogP contribution in [0.15, 0.2) is 23.6 Å². The standard InChI is InChI=1S/C10H13N3O3S/c1-11-7(5-9(15)16)8(14)6-17-10-12-3-2-4-13-10/h2-4,7,11H,5-6H2,1H3,(H,15,16)/t7-/m0/s1. The van der Waals surface area contributed by atoms with E-state index in [-0.39, 0.29) is 18.0 Å². The van der Waals surface area contributed by atoms with E-state index in [1.807, 2.05) is 0 Å². The molecule has 0 radical (unpaired) electrons. The molecule has 0 aliphatic carbocycles. The van der Waals surface area contributed by atoms with Gasteiger partial charge in [0.1, 0.15) is 0 Å². The number of carboxylic acid groups (broad SMARTS) is 1. The van der Waals surface area contributed by atoms with Crippen LogP contribution in [-0.4, -0.2) is 45.7 Å². The molecule has 1 aromatic rings. The van der Waals surface area contributed by atoms with Crippen molar-refractivity contribution in [1.29, 1.82) is 0 Å². The van der Waals surface area contributed by atoms with Crippen molar-refractivity contribution in [3.63, 3.8) is 0 Å². The number of thioether (sulfide) groups is 1. The molecule has 0 saturated heterocycles. The van der Waals surface area contributed by atoms with Gasteiger partial charge in [-0.25, -0.2) is 9.97 Å². The minimum absolute atomic E-state index is 0.156. The number of aromatic nitrogens is 2. The number of ketones is 1. The number of rotatable bonds is 7. The highest BCUT2D eigenvalue weighted by molar-refractivity contribution is 7.99. The first-order valence-electron chi connectivity index (χ1n) is 4.95. The Morgan fingerprint density at radius 2 is 2.12 bits per heavy atom. The smallest absolute Gasteiger partial charge is 0.305 e. The molecule has 0 amide bonds. The number of hydrogen-bond acceptors (Lipinski definition) is 6. The molecule has 0 aliphatic heterocycles. The van der Waals surface area contributed by atoms with Gasteiger partial charge in [-0.1, -0.05) is 11.8 Å². The van der Waals surface area contributed by atoms with Gasteiger partial charge in [-0.05, 0) is 13.1 Å². The summed E-state index contributed by atoms with van der Waals surface area (Å²) in [5, 5.41) is 11.8. The number of nitrogens with zero attached hydrogens (tertiary/aromatic N) is 2. The molecule has 1 rings (SSSR count). The Balaban J connectivity index is 2.45. The maximum atomic E-state index is 11.7. The summed E-state index contributed by atoms with van der Waals surface area (Å²) >= 11 is 1.19. The van der Waals surface area contributed by atoms with Crippen LogP contribution in [-0.2, 0) is 9.59 Å². The second-order valence-corrected chi connectivity index (χ2v) is 4.17. The molecule has 17 heavy (non-hydrogen) atoms. The lowest BCUT2D eigenvalue weighted by molar-refractivity contribution is -0.139. The summed E-state index contributed by atoms with van der Waals surface area (Å²) in [7, 11) is 1.56. The highest BCUT2D eigenvalue weighted by Crippen LogP contribution is 2.12. The number of nitrogens with one attached hydrogen (secondary N) is 1. The summed E-state index contributed by atoms with van der Waals surface area (Å²) in [5.41, 5.74) is 0.